The summed E-state index contributed by atoms with van der Waals surface area (Å²) in [6.45, 7) is 6.37. The quantitative estimate of drug-likeness (QED) is 0.164. The molecule has 0 spiro atoms. The number of rotatable bonds is 16. The summed E-state index contributed by atoms with van der Waals surface area (Å²) in [6.07, 6.45) is 18.3. The Balaban J connectivity index is -0.00000104. The fraction of sp³-hybridized carbons (Fsp3) is 0.900. The van der Waals surface area contributed by atoms with Crippen LogP contribution < -0.4 is 5.73 Å². The summed E-state index contributed by atoms with van der Waals surface area (Å²) >= 11 is 8.84. The Morgan fingerprint density at radius 3 is 1.19 bits per heavy atom. The van der Waals surface area contributed by atoms with Crippen molar-refractivity contribution in [3.8, 4) is 0 Å². The van der Waals surface area contributed by atoms with Gasteiger partial charge in [0.1, 0.15) is 0 Å². The third-order valence-electron chi connectivity index (χ3n) is 4.33. The van der Waals surface area contributed by atoms with Crippen LogP contribution in [0.1, 0.15) is 104 Å². The Bertz CT molecular complexity index is 313. The van der Waals surface area contributed by atoms with E-state index in [-0.39, 0.29) is 34.7 Å². The molecule has 0 amide bonds. The Morgan fingerprint density at radius 1 is 0.667 bits per heavy atom. The van der Waals surface area contributed by atoms with Crippen LogP contribution in [0.2, 0.25) is 0 Å². The van der Waals surface area contributed by atoms with E-state index in [1.54, 1.807) is 0 Å². The van der Waals surface area contributed by atoms with Crippen molar-refractivity contribution in [1.82, 2.24) is 4.90 Å². The minimum absolute atomic E-state index is 0. The normalized spacial score (nSPS) is 9.70. The van der Waals surface area contributed by atoms with Gasteiger partial charge in [0.2, 0.25) is 0 Å². The molecule has 0 aromatic carbocycles. The monoisotopic (exact) mass is 430 g/mol. The zero-order valence-electron chi connectivity index (χ0n) is 17.0. The van der Waals surface area contributed by atoms with E-state index in [0.717, 1.165) is 25.9 Å². The molecule has 0 fully saturated rings. The van der Waals surface area contributed by atoms with Crippen LogP contribution in [-0.4, -0.2) is 68.1 Å². The van der Waals surface area contributed by atoms with Gasteiger partial charge in [0.05, 0.1) is 0 Å². The van der Waals surface area contributed by atoms with E-state index < -0.39 is 5.17 Å². The van der Waals surface area contributed by atoms with Crippen LogP contribution in [0.4, 0.5) is 0 Å². The van der Waals surface area contributed by atoms with Gasteiger partial charge in [-0.1, -0.05) is 90.9 Å². The molecule has 158 valence electrons. The third-order valence-corrected chi connectivity index (χ3v) is 4.59. The van der Waals surface area contributed by atoms with Crippen molar-refractivity contribution in [2.75, 3.05) is 13.1 Å². The van der Waals surface area contributed by atoms with Crippen molar-refractivity contribution in [2.45, 2.75) is 104 Å². The molecule has 0 aliphatic carbocycles. The molecule has 27 heavy (non-hydrogen) atoms. The second-order valence-electron chi connectivity index (χ2n) is 6.85. The van der Waals surface area contributed by atoms with Crippen molar-refractivity contribution in [3.63, 3.8) is 0 Å². The molecular weight excluding hydrogens is 387 g/mol. The summed E-state index contributed by atoms with van der Waals surface area (Å²) in [7, 11) is 0. The Morgan fingerprint density at radius 2 is 0.926 bits per heavy atom. The van der Waals surface area contributed by atoms with Gasteiger partial charge in [0, 0.05) is 13.1 Å². The molecule has 0 heterocycles. The molecule has 0 unspecified atom stereocenters. The maximum atomic E-state index is 9.61. The number of nitrogens with two attached hydrogens (primary N) is 1. The van der Waals surface area contributed by atoms with Gasteiger partial charge in [-0.15, -0.1) is 0 Å². The number of unbranched alkanes of at least 4 members (excludes halogenated alkanes) is 12. The average molecular weight is 431 g/mol. The first kappa shape index (κ1) is 32.1. The number of aliphatic hydroxyl groups is 2. The summed E-state index contributed by atoms with van der Waals surface area (Å²) in [5.41, 5.74) is 4.40. The number of hydrogen-bond donors (Lipinski definition) is 3. The van der Waals surface area contributed by atoms with E-state index >= 15 is 0 Å². The first-order valence-corrected chi connectivity index (χ1v) is 11.2. The van der Waals surface area contributed by atoms with Gasteiger partial charge in [0.15, 0.2) is 0 Å². The minimum atomic E-state index is -0.500. The zero-order chi connectivity index (χ0) is 20.0. The van der Waals surface area contributed by atoms with E-state index in [4.69, 9.17) is 17.3 Å². The summed E-state index contributed by atoms with van der Waals surface area (Å²) in [6, 6.07) is 0. The van der Waals surface area contributed by atoms with Gasteiger partial charge in [-0.25, -0.2) is 0 Å². The molecule has 0 radical (unpaired) electrons. The fourth-order valence-corrected chi connectivity index (χ4v) is 3.01. The first-order valence-electron chi connectivity index (χ1n) is 10.4. The number of nitrogens with zero attached hydrogens (tertiary/aromatic N) is 1. The topological polar surface area (TPSA) is 69.7 Å². The molecule has 0 aromatic rings. The van der Waals surface area contributed by atoms with E-state index in [1.807, 2.05) is 4.90 Å². The van der Waals surface area contributed by atoms with Crippen molar-refractivity contribution < 1.29 is 10.2 Å². The Hall–Kier alpha value is 0.380. The van der Waals surface area contributed by atoms with Crippen LogP contribution in [-0.2, 0) is 0 Å². The molecule has 0 aliphatic rings. The molecule has 7 heteroatoms. The molecule has 0 rings (SSSR count). The van der Waals surface area contributed by atoms with E-state index in [2.05, 4.69) is 31.8 Å². The summed E-state index contributed by atoms with van der Waals surface area (Å²) in [4.78, 5) is 1.99. The summed E-state index contributed by atoms with van der Waals surface area (Å²) in [5.74, 6) is 0. The summed E-state index contributed by atoms with van der Waals surface area (Å²) in [5, 5.41) is 16.8. The molecule has 0 aromatic heterocycles. The molecule has 0 bridgehead atoms. The van der Waals surface area contributed by atoms with Crippen molar-refractivity contribution in [3.05, 3.63) is 0 Å². The molecule has 4 nitrogen and oxygen atoms in total. The van der Waals surface area contributed by atoms with Crippen LogP contribution in [0, 0.1) is 0 Å². The van der Waals surface area contributed by atoms with Crippen LogP contribution in [0.5, 0.6) is 0 Å². The summed E-state index contributed by atoms with van der Waals surface area (Å²) < 4.78 is 0. The third kappa shape index (κ3) is 31.3. The molecule has 0 saturated carbocycles. The van der Waals surface area contributed by atoms with Gasteiger partial charge < -0.3 is 20.8 Å². The second kappa shape index (κ2) is 26.4. The van der Waals surface area contributed by atoms with Gasteiger partial charge in [0.25, 0.3) is 10.3 Å². The molecular formula is C20H43N2NaO2S2. The second-order valence-corrected chi connectivity index (χ2v) is 7.63. The van der Waals surface area contributed by atoms with Crippen LogP contribution in [0.25, 0.3) is 0 Å². The standard InChI is InChI=1S/C19H39NOS.CH3NOS.Na.H/c1-3-5-7-9-11-13-15-17-20(19(21)22)18-16-14-12-10-8-6-4-2;2-1(3)4;;/h3-18H2,1-2H3,(H,21,22);(H3,2,3,4);;. The molecule has 0 saturated heterocycles. The van der Waals surface area contributed by atoms with E-state index in [0.29, 0.717) is 0 Å². The molecule has 0 atom stereocenters. The van der Waals surface area contributed by atoms with Crippen LogP contribution in [0.3, 0.4) is 0 Å². The average Bonchev–Trinajstić information content (AvgIpc) is 2.57. The van der Waals surface area contributed by atoms with Crippen molar-refractivity contribution in [1.29, 1.82) is 0 Å². The molecule has 0 aliphatic heterocycles. The van der Waals surface area contributed by atoms with E-state index in [9.17, 15) is 5.11 Å². The Labute approximate surface area is 200 Å². The SMILES string of the molecule is CCCCCCCCCN(CCCCCCCCC)C(O)=S.NC(O)=S.[NaH]. The number of hydrogen-bond acceptors (Lipinski definition) is 2. The van der Waals surface area contributed by atoms with Crippen LogP contribution in [0.15, 0.2) is 0 Å². The van der Waals surface area contributed by atoms with Gasteiger partial charge in [-0.2, -0.15) is 0 Å². The predicted octanol–water partition coefficient (Wildman–Crippen LogP) is 5.77. The predicted molar refractivity (Wildman–Crippen MR) is 129 cm³/mol. The number of thiocarbonyl (C=S) groups is 2. The van der Waals surface area contributed by atoms with Crippen molar-refractivity contribution >= 4 is 64.3 Å². The fourth-order valence-electron chi connectivity index (χ4n) is 2.82. The van der Waals surface area contributed by atoms with Crippen LogP contribution >= 0.6 is 24.4 Å². The maximum absolute atomic E-state index is 9.61. The first-order chi connectivity index (χ1) is 12.5. The van der Waals surface area contributed by atoms with Gasteiger partial charge in [-0.3, -0.25) is 0 Å². The van der Waals surface area contributed by atoms with Gasteiger partial charge >= 0.3 is 29.6 Å². The van der Waals surface area contributed by atoms with E-state index in [1.165, 1.54) is 77.0 Å². The Kier molecular flexibility index (Phi) is 31.3. The molecule has 4 N–H and O–H groups in total. The zero-order valence-corrected chi connectivity index (χ0v) is 18.7. The van der Waals surface area contributed by atoms with Crippen molar-refractivity contribution in [2.24, 2.45) is 5.73 Å². The number of aliphatic hydroxyl groups excluding tert-OH is 2. The van der Waals surface area contributed by atoms with Gasteiger partial charge in [-0.05, 0) is 37.3 Å².